The number of benzene rings is 2. The molecule has 2 aromatic rings. The highest BCUT2D eigenvalue weighted by Gasteiger charge is 2.15. The predicted molar refractivity (Wildman–Crippen MR) is 80.4 cm³/mol. The largest absolute Gasteiger partial charge is 0.392 e. The van der Waals surface area contributed by atoms with Crippen molar-refractivity contribution in [3.63, 3.8) is 0 Å². The molecular formula is C18H20F2O. The summed E-state index contributed by atoms with van der Waals surface area (Å²) < 4.78 is 26.8. The maximum absolute atomic E-state index is 13.6. The first-order valence-corrected chi connectivity index (χ1v) is 7.06. The lowest BCUT2D eigenvalue weighted by atomic mass is 9.93. The van der Waals surface area contributed by atoms with E-state index in [1.54, 1.807) is 0 Å². The topological polar surface area (TPSA) is 20.2 Å². The van der Waals surface area contributed by atoms with Crippen molar-refractivity contribution in [2.24, 2.45) is 0 Å². The van der Waals surface area contributed by atoms with E-state index in [0.29, 0.717) is 6.42 Å². The molecule has 1 nitrogen and oxygen atoms in total. The fourth-order valence-electron chi connectivity index (χ4n) is 2.80. The summed E-state index contributed by atoms with van der Waals surface area (Å²) in [7, 11) is 0. The van der Waals surface area contributed by atoms with Gasteiger partial charge >= 0.3 is 0 Å². The van der Waals surface area contributed by atoms with Crippen molar-refractivity contribution >= 4 is 0 Å². The van der Waals surface area contributed by atoms with Crippen LogP contribution in [-0.2, 0) is 12.8 Å². The summed E-state index contributed by atoms with van der Waals surface area (Å²) in [6.07, 6.45) is -0.189. The Morgan fingerprint density at radius 1 is 1.00 bits per heavy atom. The van der Waals surface area contributed by atoms with E-state index in [-0.39, 0.29) is 12.0 Å². The molecule has 21 heavy (non-hydrogen) atoms. The number of aliphatic hydroxyl groups excluding tert-OH is 1. The van der Waals surface area contributed by atoms with Crippen LogP contribution in [0.1, 0.15) is 27.8 Å². The molecule has 0 aliphatic heterocycles. The van der Waals surface area contributed by atoms with E-state index >= 15 is 0 Å². The molecule has 0 aliphatic carbocycles. The van der Waals surface area contributed by atoms with Gasteiger partial charge in [0.2, 0.25) is 0 Å². The van der Waals surface area contributed by atoms with Gasteiger partial charge in [-0.05, 0) is 55.5 Å². The van der Waals surface area contributed by atoms with Gasteiger partial charge in [0.1, 0.15) is 0 Å². The van der Waals surface area contributed by atoms with Crippen molar-refractivity contribution in [1.29, 1.82) is 0 Å². The molecule has 0 saturated carbocycles. The van der Waals surface area contributed by atoms with Crippen LogP contribution in [0.15, 0.2) is 30.3 Å². The van der Waals surface area contributed by atoms with Crippen LogP contribution in [0.3, 0.4) is 0 Å². The zero-order chi connectivity index (χ0) is 15.6. The van der Waals surface area contributed by atoms with Crippen molar-refractivity contribution in [2.45, 2.75) is 39.7 Å². The van der Waals surface area contributed by atoms with Gasteiger partial charge in [0, 0.05) is 6.42 Å². The summed E-state index contributed by atoms with van der Waals surface area (Å²) in [5, 5.41) is 10.2. The summed E-state index contributed by atoms with van der Waals surface area (Å²) in [6, 6.07) is 8.19. The Balaban J connectivity index is 2.16. The van der Waals surface area contributed by atoms with Crippen LogP contribution in [0.2, 0.25) is 0 Å². The van der Waals surface area contributed by atoms with Gasteiger partial charge in [-0.15, -0.1) is 0 Å². The van der Waals surface area contributed by atoms with E-state index in [9.17, 15) is 13.9 Å². The minimum absolute atomic E-state index is 0.107. The van der Waals surface area contributed by atoms with E-state index in [1.807, 2.05) is 20.8 Å². The molecule has 2 rings (SSSR count). The Morgan fingerprint density at radius 3 is 2.24 bits per heavy atom. The summed E-state index contributed by atoms with van der Waals surface area (Å²) >= 11 is 0. The molecule has 0 aliphatic rings. The number of aryl methyl sites for hydroxylation is 3. The Hall–Kier alpha value is -1.74. The molecule has 1 unspecified atom stereocenters. The number of rotatable bonds is 4. The van der Waals surface area contributed by atoms with E-state index < -0.39 is 17.7 Å². The van der Waals surface area contributed by atoms with E-state index in [0.717, 1.165) is 22.8 Å². The quantitative estimate of drug-likeness (QED) is 0.901. The van der Waals surface area contributed by atoms with Crippen LogP contribution < -0.4 is 0 Å². The lowest BCUT2D eigenvalue weighted by Crippen LogP contribution is -2.16. The second kappa shape index (κ2) is 6.35. The lowest BCUT2D eigenvalue weighted by Gasteiger charge is -2.16. The fourth-order valence-corrected chi connectivity index (χ4v) is 2.80. The average Bonchev–Trinajstić information content (AvgIpc) is 2.39. The van der Waals surface area contributed by atoms with Crippen molar-refractivity contribution in [2.75, 3.05) is 0 Å². The van der Waals surface area contributed by atoms with Crippen LogP contribution in [0.5, 0.6) is 0 Å². The Bertz CT molecular complexity index is 627. The van der Waals surface area contributed by atoms with Gasteiger partial charge in [-0.2, -0.15) is 0 Å². The maximum Gasteiger partial charge on any atom is 0.162 e. The number of halogens is 2. The van der Waals surface area contributed by atoms with Gasteiger partial charge in [-0.3, -0.25) is 0 Å². The van der Waals surface area contributed by atoms with Gasteiger partial charge in [0.05, 0.1) is 6.10 Å². The van der Waals surface area contributed by atoms with Crippen molar-refractivity contribution < 1.29 is 13.9 Å². The molecule has 0 heterocycles. The molecule has 0 bridgehead atoms. The van der Waals surface area contributed by atoms with Gasteiger partial charge in [0.25, 0.3) is 0 Å². The minimum Gasteiger partial charge on any atom is -0.392 e. The first-order valence-electron chi connectivity index (χ1n) is 7.06. The van der Waals surface area contributed by atoms with Crippen LogP contribution in [-0.4, -0.2) is 11.2 Å². The molecule has 0 saturated heterocycles. The highest BCUT2D eigenvalue weighted by atomic mass is 19.2. The average molecular weight is 290 g/mol. The van der Waals surface area contributed by atoms with Crippen molar-refractivity contribution in [1.82, 2.24) is 0 Å². The molecule has 0 spiro atoms. The van der Waals surface area contributed by atoms with E-state index in [2.05, 4.69) is 12.1 Å². The monoisotopic (exact) mass is 290 g/mol. The molecule has 0 fully saturated rings. The predicted octanol–water partition coefficient (Wildman–Crippen LogP) is 4.04. The normalized spacial score (nSPS) is 12.5. The summed E-state index contributed by atoms with van der Waals surface area (Å²) in [5.41, 5.74) is 4.70. The van der Waals surface area contributed by atoms with E-state index in [4.69, 9.17) is 0 Å². The SMILES string of the molecule is Cc1cc(C)c(CC(O)Cc2cccc(F)c2F)c(C)c1. The first-order chi connectivity index (χ1) is 9.88. The van der Waals surface area contributed by atoms with Gasteiger partial charge in [-0.25, -0.2) is 8.78 Å². The highest BCUT2D eigenvalue weighted by molar-refractivity contribution is 5.38. The third-order valence-corrected chi connectivity index (χ3v) is 3.77. The first kappa shape index (κ1) is 15.6. The van der Waals surface area contributed by atoms with Crippen LogP contribution in [0.25, 0.3) is 0 Å². The van der Waals surface area contributed by atoms with Crippen LogP contribution in [0.4, 0.5) is 8.78 Å². The second-order valence-corrected chi connectivity index (χ2v) is 5.65. The van der Waals surface area contributed by atoms with Crippen LogP contribution >= 0.6 is 0 Å². The number of hydrogen-bond acceptors (Lipinski definition) is 1. The second-order valence-electron chi connectivity index (χ2n) is 5.65. The van der Waals surface area contributed by atoms with E-state index in [1.165, 1.54) is 17.7 Å². The summed E-state index contributed by atoms with van der Waals surface area (Å²) in [5.74, 6) is -1.74. The lowest BCUT2D eigenvalue weighted by molar-refractivity contribution is 0.173. The zero-order valence-electron chi connectivity index (χ0n) is 12.6. The summed E-state index contributed by atoms with van der Waals surface area (Å²) in [4.78, 5) is 0. The van der Waals surface area contributed by atoms with Gasteiger partial charge in [0.15, 0.2) is 11.6 Å². The minimum atomic E-state index is -0.873. The molecule has 3 heteroatoms. The molecule has 112 valence electrons. The standard InChI is InChI=1S/C18H20F2O/c1-11-7-12(2)16(13(3)8-11)10-15(21)9-14-5-4-6-17(19)18(14)20/h4-8,15,21H,9-10H2,1-3H3. The van der Waals surface area contributed by atoms with Gasteiger partial charge < -0.3 is 5.11 Å². The fraction of sp³-hybridized carbons (Fsp3) is 0.333. The third-order valence-electron chi connectivity index (χ3n) is 3.77. The van der Waals surface area contributed by atoms with Crippen molar-refractivity contribution in [3.8, 4) is 0 Å². The third kappa shape index (κ3) is 3.67. The number of aliphatic hydroxyl groups is 1. The molecule has 1 N–H and O–H groups in total. The van der Waals surface area contributed by atoms with Crippen LogP contribution in [0, 0.1) is 32.4 Å². The molecule has 1 atom stereocenters. The molecule has 0 aromatic heterocycles. The zero-order valence-corrected chi connectivity index (χ0v) is 12.6. The molecule has 2 aromatic carbocycles. The molecule has 0 radical (unpaired) electrons. The molecule has 0 amide bonds. The number of hydrogen-bond donors (Lipinski definition) is 1. The maximum atomic E-state index is 13.6. The summed E-state index contributed by atoms with van der Waals surface area (Å²) in [6.45, 7) is 6.04. The Labute approximate surface area is 124 Å². The Morgan fingerprint density at radius 2 is 1.62 bits per heavy atom. The molecular weight excluding hydrogens is 270 g/mol. The Kier molecular flexibility index (Phi) is 4.73. The smallest absolute Gasteiger partial charge is 0.162 e. The van der Waals surface area contributed by atoms with Crippen molar-refractivity contribution in [3.05, 3.63) is 69.8 Å². The highest BCUT2D eigenvalue weighted by Crippen LogP contribution is 2.20. The van der Waals surface area contributed by atoms with Gasteiger partial charge in [-0.1, -0.05) is 29.8 Å².